The van der Waals surface area contributed by atoms with Crippen molar-refractivity contribution in [3.05, 3.63) is 41.0 Å². The molecule has 0 aliphatic rings. The number of rotatable bonds is 3. The van der Waals surface area contributed by atoms with E-state index < -0.39 is 11.6 Å². The average Bonchev–Trinajstić information content (AvgIpc) is 2.84. The minimum absolute atomic E-state index is 0.422. The molecule has 0 spiro atoms. The molecule has 0 saturated heterocycles. The van der Waals surface area contributed by atoms with Crippen molar-refractivity contribution < 1.29 is 8.78 Å². The fraction of sp³-hybridized carbons (Fsp3) is 0.286. The Morgan fingerprint density at radius 3 is 2.50 bits per heavy atom. The molecule has 2 heterocycles. The van der Waals surface area contributed by atoms with E-state index in [-0.39, 0.29) is 0 Å². The van der Waals surface area contributed by atoms with Gasteiger partial charge in [0.2, 0.25) is 4.96 Å². The summed E-state index contributed by atoms with van der Waals surface area (Å²) in [5.41, 5.74) is 0.948. The zero-order valence-electron chi connectivity index (χ0n) is 11.1. The number of hydrogen-bond donors (Lipinski definition) is 0. The Labute approximate surface area is 118 Å². The predicted octanol–water partition coefficient (Wildman–Crippen LogP) is 3.93. The molecule has 0 bridgehead atoms. The standard InChI is InChI=1S/C14H13F2N3S/c1-8(2)3-13-18-19-7-12(17-14(19)20-13)9-4-10(15)6-11(16)5-9/h4-8H,3H2,1-2H3. The van der Waals surface area contributed by atoms with Crippen LogP contribution in [-0.4, -0.2) is 14.6 Å². The first kappa shape index (κ1) is 13.2. The summed E-state index contributed by atoms with van der Waals surface area (Å²) in [6, 6.07) is 3.38. The number of halogens is 2. The Hall–Kier alpha value is -1.82. The molecule has 0 aliphatic heterocycles. The van der Waals surface area contributed by atoms with E-state index in [1.165, 1.54) is 23.5 Å². The molecule has 3 aromatic rings. The van der Waals surface area contributed by atoms with Crippen molar-refractivity contribution in [3.8, 4) is 11.3 Å². The van der Waals surface area contributed by atoms with E-state index in [1.54, 1.807) is 10.7 Å². The van der Waals surface area contributed by atoms with Crippen molar-refractivity contribution >= 4 is 16.3 Å². The third kappa shape index (κ3) is 2.56. The molecule has 0 radical (unpaired) electrons. The lowest BCUT2D eigenvalue weighted by molar-refractivity contribution is 0.584. The van der Waals surface area contributed by atoms with Gasteiger partial charge in [0.1, 0.15) is 16.6 Å². The second kappa shape index (κ2) is 4.94. The molecule has 1 aromatic carbocycles. The summed E-state index contributed by atoms with van der Waals surface area (Å²) in [6.45, 7) is 4.26. The van der Waals surface area contributed by atoms with Gasteiger partial charge in [0, 0.05) is 18.1 Å². The maximum Gasteiger partial charge on any atom is 0.212 e. The van der Waals surface area contributed by atoms with Crippen LogP contribution in [0.4, 0.5) is 8.78 Å². The van der Waals surface area contributed by atoms with E-state index in [4.69, 9.17) is 0 Å². The van der Waals surface area contributed by atoms with Crippen LogP contribution >= 0.6 is 11.3 Å². The van der Waals surface area contributed by atoms with E-state index >= 15 is 0 Å². The van der Waals surface area contributed by atoms with E-state index in [1.807, 2.05) is 0 Å². The van der Waals surface area contributed by atoms with Crippen LogP contribution in [0.25, 0.3) is 16.2 Å². The van der Waals surface area contributed by atoms with Gasteiger partial charge in [-0.05, 0) is 18.1 Å². The van der Waals surface area contributed by atoms with Gasteiger partial charge in [0.05, 0.1) is 11.9 Å². The Morgan fingerprint density at radius 2 is 1.90 bits per heavy atom. The molecule has 0 unspecified atom stereocenters. The summed E-state index contributed by atoms with van der Waals surface area (Å²) >= 11 is 1.50. The van der Waals surface area contributed by atoms with Gasteiger partial charge in [0.25, 0.3) is 0 Å². The molecule has 0 N–H and O–H groups in total. The Kier molecular flexibility index (Phi) is 3.25. The van der Waals surface area contributed by atoms with Crippen molar-refractivity contribution in [1.29, 1.82) is 0 Å². The van der Waals surface area contributed by atoms with Gasteiger partial charge in [-0.25, -0.2) is 18.3 Å². The highest BCUT2D eigenvalue weighted by Crippen LogP contribution is 2.24. The summed E-state index contributed by atoms with van der Waals surface area (Å²) in [5, 5.41) is 5.44. The molecule has 6 heteroatoms. The summed E-state index contributed by atoms with van der Waals surface area (Å²) in [6.07, 6.45) is 2.60. The number of fused-ring (bicyclic) bond motifs is 1. The van der Waals surface area contributed by atoms with Crippen LogP contribution in [0.15, 0.2) is 24.4 Å². The van der Waals surface area contributed by atoms with Gasteiger partial charge >= 0.3 is 0 Å². The smallest absolute Gasteiger partial charge is 0.212 e. The molecule has 104 valence electrons. The minimum atomic E-state index is -0.607. The zero-order valence-corrected chi connectivity index (χ0v) is 11.9. The monoisotopic (exact) mass is 293 g/mol. The zero-order chi connectivity index (χ0) is 14.3. The Bertz CT molecular complexity index is 709. The lowest BCUT2D eigenvalue weighted by Gasteiger charge is -1.98. The molecule has 3 rings (SSSR count). The third-order valence-electron chi connectivity index (χ3n) is 2.83. The van der Waals surface area contributed by atoms with Crippen LogP contribution in [0.2, 0.25) is 0 Å². The number of aromatic nitrogens is 3. The van der Waals surface area contributed by atoms with Gasteiger partial charge in [-0.3, -0.25) is 0 Å². The van der Waals surface area contributed by atoms with Crippen molar-refractivity contribution in [3.63, 3.8) is 0 Å². The third-order valence-corrected chi connectivity index (χ3v) is 3.77. The minimum Gasteiger partial charge on any atom is -0.217 e. The molecule has 2 aromatic heterocycles. The fourth-order valence-electron chi connectivity index (χ4n) is 2.01. The summed E-state index contributed by atoms with van der Waals surface area (Å²) in [5.74, 6) is -0.683. The van der Waals surface area contributed by atoms with Gasteiger partial charge in [-0.1, -0.05) is 25.2 Å². The molecule has 0 fully saturated rings. The van der Waals surface area contributed by atoms with Gasteiger partial charge < -0.3 is 0 Å². The SMILES string of the molecule is CC(C)Cc1nn2cc(-c3cc(F)cc(F)c3)nc2s1. The number of nitrogens with zero attached hydrogens (tertiary/aromatic N) is 3. The van der Waals surface area contributed by atoms with Crippen LogP contribution in [0.1, 0.15) is 18.9 Å². The number of imidazole rings is 1. The van der Waals surface area contributed by atoms with Crippen molar-refractivity contribution in [2.75, 3.05) is 0 Å². The lowest BCUT2D eigenvalue weighted by Crippen LogP contribution is -1.94. The fourth-order valence-corrected chi connectivity index (χ4v) is 3.10. The van der Waals surface area contributed by atoms with Gasteiger partial charge in [-0.15, -0.1) is 0 Å². The second-order valence-electron chi connectivity index (χ2n) is 5.11. The molecular weight excluding hydrogens is 280 g/mol. The van der Waals surface area contributed by atoms with Crippen LogP contribution in [-0.2, 0) is 6.42 Å². The molecular formula is C14H13F2N3S. The van der Waals surface area contributed by atoms with E-state index in [0.29, 0.717) is 17.2 Å². The molecule has 0 atom stereocenters. The molecule has 0 aliphatic carbocycles. The maximum atomic E-state index is 13.2. The first-order valence-electron chi connectivity index (χ1n) is 6.33. The molecule has 0 amide bonds. The van der Waals surface area contributed by atoms with Crippen LogP contribution in [0.3, 0.4) is 0 Å². The number of benzene rings is 1. The molecule has 3 nitrogen and oxygen atoms in total. The van der Waals surface area contributed by atoms with E-state index in [2.05, 4.69) is 23.9 Å². The van der Waals surface area contributed by atoms with Crippen molar-refractivity contribution in [2.45, 2.75) is 20.3 Å². The van der Waals surface area contributed by atoms with Crippen LogP contribution in [0.5, 0.6) is 0 Å². The molecule has 0 saturated carbocycles. The summed E-state index contributed by atoms with van der Waals surface area (Å²) < 4.78 is 28.1. The number of hydrogen-bond acceptors (Lipinski definition) is 3. The Balaban J connectivity index is 1.99. The van der Waals surface area contributed by atoms with E-state index in [0.717, 1.165) is 22.5 Å². The van der Waals surface area contributed by atoms with Crippen LogP contribution in [0, 0.1) is 17.6 Å². The highest BCUT2D eigenvalue weighted by atomic mass is 32.1. The van der Waals surface area contributed by atoms with Crippen molar-refractivity contribution in [2.24, 2.45) is 5.92 Å². The highest BCUT2D eigenvalue weighted by Gasteiger charge is 2.12. The van der Waals surface area contributed by atoms with Gasteiger partial charge in [0.15, 0.2) is 0 Å². The quantitative estimate of drug-likeness (QED) is 0.732. The lowest BCUT2D eigenvalue weighted by atomic mass is 10.1. The van der Waals surface area contributed by atoms with Crippen molar-refractivity contribution in [1.82, 2.24) is 14.6 Å². The summed E-state index contributed by atoms with van der Waals surface area (Å²) in [4.78, 5) is 5.12. The average molecular weight is 293 g/mol. The first-order chi connectivity index (χ1) is 9.51. The maximum absolute atomic E-state index is 13.2. The predicted molar refractivity (Wildman–Crippen MR) is 74.8 cm³/mol. The molecule has 20 heavy (non-hydrogen) atoms. The van der Waals surface area contributed by atoms with Crippen LogP contribution < -0.4 is 0 Å². The van der Waals surface area contributed by atoms with Gasteiger partial charge in [-0.2, -0.15) is 5.10 Å². The topological polar surface area (TPSA) is 30.2 Å². The van der Waals surface area contributed by atoms with E-state index in [9.17, 15) is 8.78 Å². The summed E-state index contributed by atoms with van der Waals surface area (Å²) in [7, 11) is 0. The Morgan fingerprint density at radius 1 is 1.20 bits per heavy atom. The highest BCUT2D eigenvalue weighted by molar-refractivity contribution is 7.16. The largest absolute Gasteiger partial charge is 0.217 e. The second-order valence-corrected chi connectivity index (χ2v) is 6.15. The first-order valence-corrected chi connectivity index (χ1v) is 7.14. The normalized spacial score (nSPS) is 11.7.